The quantitative estimate of drug-likeness (QED) is 0.877. The number of nitrogens with two attached hydrogens (primary N) is 1. The summed E-state index contributed by atoms with van der Waals surface area (Å²) in [6, 6.07) is 0. The Balaban J connectivity index is 2.59. The zero-order valence-electron chi connectivity index (χ0n) is 8.83. The van der Waals surface area contributed by atoms with Gasteiger partial charge in [0.1, 0.15) is 10.6 Å². The molecular weight excluding hydrogens is 264 g/mol. The minimum Gasteiger partial charge on any atom is -0.396 e. The lowest BCUT2D eigenvalue weighted by Crippen LogP contribution is -2.02. The molecular formula is C9H9ClN4O2S. The summed E-state index contributed by atoms with van der Waals surface area (Å²) in [5.41, 5.74) is 6.45. The second-order valence-electron chi connectivity index (χ2n) is 3.45. The van der Waals surface area contributed by atoms with E-state index in [0.717, 1.165) is 6.26 Å². The molecule has 0 fully saturated rings. The van der Waals surface area contributed by atoms with E-state index in [1.807, 2.05) is 0 Å². The third kappa shape index (κ3) is 2.25. The average Bonchev–Trinajstić information content (AvgIpc) is 2.65. The maximum absolute atomic E-state index is 11.3. The van der Waals surface area contributed by atoms with Gasteiger partial charge in [-0.1, -0.05) is 11.6 Å². The van der Waals surface area contributed by atoms with Crippen LogP contribution in [0.1, 0.15) is 0 Å². The Labute approximate surface area is 103 Å². The largest absolute Gasteiger partial charge is 0.396 e. The van der Waals surface area contributed by atoms with E-state index in [9.17, 15) is 8.42 Å². The Morgan fingerprint density at radius 3 is 2.59 bits per heavy atom. The van der Waals surface area contributed by atoms with Crippen molar-refractivity contribution in [1.82, 2.24) is 14.8 Å². The predicted molar refractivity (Wildman–Crippen MR) is 63.9 cm³/mol. The summed E-state index contributed by atoms with van der Waals surface area (Å²) in [4.78, 5) is 3.91. The van der Waals surface area contributed by atoms with Crippen LogP contribution in [0.4, 0.5) is 5.69 Å². The van der Waals surface area contributed by atoms with Crippen molar-refractivity contribution in [3.8, 4) is 5.69 Å². The van der Waals surface area contributed by atoms with Crippen LogP contribution in [0.15, 0.2) is 29.7 Å². The SMILES string of the molecule is CS(=O)(=O)c1cnn(-c2c(N)cncc2Cl)c1. The van der Waals surface area contributed by atoms with Gasteiger partial charge in [-0.15, -0.1) is 0 Å². The maximum Gasteiger partial charge on any atom is 0.178 e. The zero-order chi connectivity index (χ0) is 12.6. The smallest absolute Gasteiger partial charge is 0.178 e. The molecule has 90 valence electrons. The van der Waals surface area contributed by atoms with Gasteiger partial charge in [0.05, 0.1) is 23.1 Å². The fourth-order valence-electron chi connectivity index (χ4n) is 1.30. The maximum atomic E-state index is 11.3. The van der Waals surface area contributed by atoms with Gasteiger partial charge < -0.3 is 5.73 Å². The summed E-state index contributed by atoms with van der Waals surface area (Å²) in [6.45, 7) is 0. The second kappa shape index (κ2) is 4.01. The predicted octanol–water partition coefficient (Wildman–Crippen LogP) is 0.906. The van der Waals surface area contributed by atoms with Crippen molar-refractivity contribution in [3.05, 3.63) is 29.8 Å². The molecule has 0 saturated heterocycles. The van der Waals surface area contributed by atoms with Crippen molar-refractivity contribution >= 4 is 27.1 Å². The summed E-state index contributed by atoms with van der Waals surface area (Å²) >= 11 is 5.93. The van der Waals surface area contributed by atoms with Gasteiger partial charge >= 0.3 is 0 Å². The highest BCUT2D eigenvalue weighted by atomic mass is 35.5. The van der Waals surface area contributed by atoms with Gasteiger partial charge in [0.25, 0.3) is 0 Å². The van der Waals surface area contributed by atoms with E-state index in [1.165, 1.54) is 29.5 Å². The van der Waals surface area contributed by atoms with Crippen LogP contribution in [0.5, 0.6) is 0 Å². The van der Waals surface area contributed by atoms with Gasteiger partial charge in [0.2, 0.25) is 0 Å². The molecule has 0 atom stereocenters. The van der Waals surface area contributed by atoms with Crippen LogP contribution in [-0.4, -0.2) is 29.4 Å². The summed E-state index contributed by atoms with van der Waals surface area (Å²) in [5.74, 6) is 0. The first-order valence-corrected chi connectivity index (χ1v) is 6.80. The standard InChI is InChI=1S/C9H9ClN4O2S/c1-17(15,16)6-2-13-14(5-6)9-7(10)3-12-4-8(9)11/h2-5H,11H2,1H3. The fraction of sp³-hybridized carbons (Fsp3) is 0.111. The first-order valence-electron chi connectivity index (χ1n) is 4.53. The van der Waals surface area contributed by atoms with E-state index in [0.29, 0.717) is 16.4 Å². The summed E-state index contributed by atoms with van der Waals surface area (Å²) in [6.07, 6.45) is 6.53. The molecule has 2 heterocycles. The van der Waals surface area contributed by atoms with Gasteiger partial charge in [-0.05, 0) is 0 Å². The topological polar surface area (TPSA) is 90.9 Å². The van der Waals surface area contributed by atoms with Crippen molar-refractivity contribution < 1.29 is 8.42 Å². The van der Waals surface area contributed by atoms with Crippen LogP contribution in [0.25, 0.3) is 5.69 Å². The number of pyridine rings is 1. The molecule has 8 heteroatoms. The Kier molecular flexibility index (Phi) is 2.80. The minimum atomic E-state index is -3.30. The van der Waals surface area contributed by atoms with Gasteiger partial charge in [0, 0.05) is 18.6 Å². The van der Waals surface area contributed by atoms with E-state index < -0.39 is 9.84 Å². The van der Waals surface area contributed by atoms with Gasteiger partial charge in [0.15, 0.2) is 9.84 Å². The third-order valence-electron chi connectivity index (χ3n) is 2.12. The van der Waals surface area contributed by atoms with Crippen LogP contribution >= 0.6 is 11.6 Å². The number of hydrogen-bond acceptors (Lipinski definition) is 5. The van der Waals surface area contributed by atoms with Gasteiger partial charge in [-0.2, -0.15) is 5.10 Å². The summed E-state index contributed by atoms with van der Waals surface area (Å²) in [5, 5.41) is 4.22. The molecule has 2 aromatic rings. The van der Waals surface area contributed by atoms with Crippen molar-refractivity contribution in [2.24, 2.45) is 0 Å². The third-order valence-corrected chi connectivity index (χ3v) is 3.46. The minimum absolute atomic E-state index is 0.102. The number of nitrogens with zero attached hydrogens (tertiary/aromatic N) is 3. The normalized spacial score (nSPS) is 11.6. The van der Waals surface area contributed by atoms with Crippen molar-refractivity contribution in [2.75, 3.05) is 12.0 Å². The van der Waals surface area contributed by atoms with E-state index in [1.54, 1.807) is 0 Å². The van der Waals surface area contributed by atoms with E-state index in [2.05, 4.69) is 10.1 Å². The van der Waals surface area contributed by atoms with E-state index in [-0.39, 0.29) is 4.90 Å². The van der Waals surface area contributed by atoms with Crippen LogP contribution in [0, 0.1) is 0 Å². The van der Waals surface area contributed by atoms with Crippen LogP contribution in [-0.2, 0) is 9.84 Å². The van der Waals surface area contributed by atoms with Crippen LogP contribution in [0.3, 0.4) is 0 Å². The molecule has 0 bridgehead atoms. The molecule has 0 spiro atoms. The Morgan fingerprint density at radius 1 is 1.35 bits per heavy atom. The monoisotopic (exact) mass is 272 g/mol. The molecule has 0 amide bonds. The van der Waals surface area contributed by atoms with Crippen molar-refractivity contribution in [3.63, 3.8) is 0 Å². The fourth-order valence-corrected chi connectivity index (χ4v) is 2.09. The number of halogens is 1. The zero-order valence-corrected chi connectivity index (χ0v) is 10.4. The molecule has 0 radical (unpaired) electrons. The van der Waals surface area contributed by atoms with Crippen LogP contribution < -0.4 is 5.73 Å². The highest BCUT2D eigenvalue weighted by Crippen LogP contribution is 2.25. The number of aromatic nitrogens is 3. The molecule has 6 nitrogen and oxygen atoms in total. The number of sulfone groups is 1. The molecule has 0 aliphatic rings. The molecule has 2 N–H and O–H groups in total. The Bertz CT molecular complexity index is 645. The number of anilines is 1. The molecule has 0 aliphatic heterocycles. The average molecular weight is 273 g/mol. The second-order valence-corrected chi connectivity index (χ2v) is 5.87. The van der Waals surface area contributed by atoms with Crippen molar-refractivity contribution in [2.45, 2.75) is 4.90 Å². The lowest BCUT2D eigenvalue weighted by Gasteiger charge is -2.06. The number of nitrogen functional groups attached to an aromatic ring is 1. The highest BCUT2D eigenvalue weighted by Gasteiger charge is 2.14. The molecule has 0 aliphatic carbocycles. The summed E-state index contributed by atoms with van der Waals surface area (Å²) < 4.78 is 24.0. The van der Waals surface area contributed by atoms with Gasteiger partial charge in [-0.3, -0.25) is 4.98 Å². The van der Waals surface area contributed by atoms with Gasteiger partial charge in [-0.25, -0.2) is 13.1 Å². The lowest BCUT2D eigenvalue weighted by molar-refractivity contribution is 0.602. The Hall–Kier alpha value is -1.60. The lowest BCUT2D eigenvalue weighted by atomic mass is 10.3. The number of rotatable bonds is 2. The first kappa shape index (κ1) is 11.9. The first-order chi connectivity index (χ1) is 7.89. The number of hydrogen-bond donors (Lipinski definition) is 1. The van der Waals surface area contributed by atoms with Crippen LogP contribution in [0.2, 0.25) is 5.02 Å². The molecule has 17 heavy (non-hydrogen) atoms. The Morgan fingerprint density at radius 2 is 2.06 bits per heavy atom. The molecule has 0 unspecified atom stereocenters. The van der Waals surface area contributed by atoms with E-state index >= 15 is 0 Å². The molecule has 0 aromatic carbocycles. The van der Waals surface area contributed by atoms with Crippen molar-refractivity contribution in [1.29, 1.82) is 0 Å². The summed E-state index contributed by atoms with van der Waals surface area (Å²) in [7, 11) is -3.30. The molecule has 2 rings (SSSR count). The molecule has 2 aromatic heterocycles. The van der Waals surface area contributed by atoms with E-state index in [4.69, 9.17) is 17.3 Å². The highest BCUT2D eigenvalue weighted by molar-refractivity contribution is 7.90. The molecule has 0 saturated carbocycles.